The van der Waals surface area contributed by atoms with E-state index in [-0.39, 0.29) is 0 Å². The number of hydrogen-bond donors (Lipinski definition) is 2. The number of benzene rings is 1. The number of aromatic nitrogens is 1. The molecular weight excluding hydrogens is 234 g/mol. The van der Waals surface area contributed by atoms with Crippen molar-refractivity contribution in [3.05, 3.63) is 30.0 Å². The molecule has 3 nitrogen and oxygen atoms in total. The topological polar surface area (TPSA) is 50.9 Å². The second kappa shape index (κ2) is 5.08. The SMILES string of the molecule is Cc1cc(NCCC2CCC2)c2cc(N)ccc2n1. The van der Waals surface area contributed by atoms with Gasteiger partial charge in [-0.15, -0.1) is 0 Å². The Morgan fingerprint density at radius 1 is 1.32 bits per heavy atom. The van der Waals surface area contributed by atoms with E-state index in [1.807, 2.05) is 25.1 Å². The van der Waals surface area contributed by atoms with Crippen LogP contribution in [0.3, 0.4) is 0 Å². The Bertz CT molecular complexity index is 588. The lowest BCUT2D eigenvalue weighted by Crippen LogP contribution is -2.15. The standard InChI is InChI=1S/C16H21N3/c1-11-9-16(18-8-7-12-3-2-4-12)14-10-13(17)5-6-15(14)19-11/h5-6,9-10,12H,2-4,7-8,17H2,1H3,(H,18,19). The van der Waals surface area contributed by atoms with Crippen molar-refractivity contribution in [3.8, 4) is 0 Å². The first-order valence-corrected chi connectivity index (χ1v) is 7.13. The summed E-state index contributed by atoms with van der Waals surface area (Å²) < 4.78 is 0. The number of anilines is 2. The van der Waals surface area contributed by atoms with Crippen molar-refractivity contribution in [2.75, 3.05) is 17.6 Å². The predicted molar refractivity (Wildman–Crippen MR) is 81.3 cm³/mol. The number of nitrogens with one attached hydrogen (secondary N) is 1. The summed E-state index contributed by atoms with van der Waals surface area (Å²) in [6.07, 6.45) is 5.50. The maximum absolute atomic E-state index is 5.88. The van der Waals surface area contributed by atoms with E-state index in [0.29, 0.717) is 0 Å². The molecule has 100 valence electrons. The second-order valence-electron chi connectivity index (χ2n) is 5.60. The average Bonchev–Trinajstić information content (AvgIpc) is 2.33. The molecule has 0 spiro atoms. The van der Waals surface area contributed by atoms with Crippen LogP contribution in [-0.2, 0) is 0 Å². The first kappa shape index (κ1) is 12.3. The fourth-order valence-electron chi connectivity index (χ4n) is 2.71. The third-order valence-electron chi connectivity index (χ3n) is 4.05. The molecule has 1 aliphatic carbocycles. The van der Waals surface area contributed by atoms with Crippen molar-refractivity contribution >= 4 is 22.3 Å². The van der Waals surface area contributed by atoms with Crippen LogP contribution in [0.2, 0.25) is 0 Å². The third-order valence-corrected chi connectivity index (χ3v) is 4.05. The van der Waals surface area contributed by atoms with Gasteiger partial charge in [-0.2, -0.15) is 0 Å². The van der Waals surface area contributed by atoms with Crippen molar-refractivity contribution in [1.29, 1.82) is 0 Å². The van der Waals surface area contributed by atoms with Gasteiger partial charge >= 0.3 is 0 Å². The van der Waals surface area contributed by atoms with Crippen molar-refractivity contribution in [1.82, 2.24) is 4.98 Å². The number of hydrogen-bond acceptors (Lipinski definition) is 3. The molecule has 1 aliphatic rings. The molecule has 0 amide bonds. The van der Waals surface area contributed by atoms with E-state index in [4.69, 9.17) is 5.73 Å². The maximum Gasteiger partial charge on any atom is 0.0727 e. The largest absolute Gasteiger partial charge is 0.399 e. The minimum absolute atomic E-state index is 0.792. The number of fused-ring (bicyclic) bond motifs is 1. The number of nitrogen functional groups attached to an aromatic ring is 1. The Kier molecular flexibility index (Phi) is 3.28. The van der Waals surface area contributed by atoms with Gasteiger partial charge in [0, 0.05) is 29.0 Å². The molecule has 3 rings (SSSR count). The zero-order chi connectivity index (χ0) is 13.2. The normalized spacial score (nSPS) is 15.4. The van der Waals surface area contributed by atoms with Gasteiger partial charge in [0.15, 0.2) is 0 Å². The van der Waals surface area contributed by atoms with Crippen LogP contribution < -0.4 is 11.1 Å². The minimum atomic E-state index is 0.792. The molecule has 1 aromatic carbocycles. The molecule has 1 heterocycles. The molecule has 1 saturated carbocycles. The van der Waals surface area contributed by atoms with Crippen molar-refractivity contribution in [3.63, 3.8) is 0 Å². The summed E-state index contributed by atoms with van der Waals surface area (Å²) in [6, 6.07) is 8.03. The van der Waals surface area contributed by atoms with E-state index in [9.17, 15) is 0 Å². The van der Waals surface area contributed by atoms with Gasteiger partial charge in [-0.1, -0.05) is 19.3 Å². The van der Waals surface area contributed by atoms with Crippen LogP contribution in [0.1, 0.15) is 31.4 Å². The summed E-state index contributed by atoms with van der Waals surface area (Å²) >= 11 is 0. The fourth-order valence-corrected chi connectivity index (χ4v) is 2.71. The van der Waals surface area contributed by atoms with Crippen LogP contribution in [0.4, 0.5) is 11.4 Å². The predicted octanol–water partition coefficient (Wildman–Crippen LogP) is 3.73. The Labute approximate surface area is 114 Å². The molecule has 0 radical (unpaired) electrons. The molecule has 0 bridgehead atoms. The molecular formula is C16H21N3. The number of aryl methyl sites for hydroxylation is 1. The van der Waals surface area contributed by atoms with E-state index < -0.39 is 0 Å². The highest BCUT2D eigenvalue weighted by atomic mass is 14.9. The first-order valence-electron chi connectivity index (χ1n) is 7.13. The highest BCUT2D eigenvalue weighted by molar-refractivity contribution is 5.93. The maximum atomic E-state index is 5.88. The summed E-state index contributed by atoms with van der Waals surface area (Å²) in [5, 5.41) is 4.68. The second-order valence-corrected chi connectivity index (χ2v) is 5.60. The number of pyridine rings is 1. The number of nitrogens with zero attached hydrogens (tertiary/aromatic N) is 1. The molecule has 1 fully saturated rings. The quantitative estimate of drug-likeness (QED) is 0.818. The van der Waals surface area contributed by atoms with Crippen molar-refractivity contribution < 1.29 is 0 Å². The number of nitrogens with two attached hydrogens (primary N) is 1. The highest BCUT2D eigenvalue weighted by Crippen LogP contribution is 2.30. The average molecular weight is 255 g/mol. The molecule has 0 unspecified atom stereocenters. The molecule has 0 aliphatic heterocycles. The third kappa shape index (κ3) is 2.65. The monoisotopic (exact) mass is 255 g/mol. The van der Waals surface area contributed by atoms with Crippen LogP contribution in [0.25, 0.3) is 10.9 Å². The van der Waals surface area contributed by atoms with Gasteiger partial charge in [-0.3, -0.25) is 4.98 Å². The van der Waals surface area contributed by atoms with Crippen LogP contribution in [0.15, 0.2) is 24.3 Å². The summed E-state index contributed by atoms with van der Waals surface area (Å²) in [7, 11) is 0. The zero-order valence-corrected chi connectivity index (χ0v) is 11.4. The lowest BCUT2D eigenvalue weighted by Gasteiger charge is -2.25. The van der Waals surface area contributed by atoms with Crippen molar-refractivity contribution in [2.24, 2.45) is 5.92 Å². The van der Waals surface area contributed by atoms with E-state index >= 15 is 0 Å². The first-order chi connectivity index (χ1) is 9.22. The van der Waals surface area contributed by atoms with Gasteiger partial charge in [-0.05, 0) is 43.5 Å². The molecule has 19 heavy (non-hydrogen) atoms. The Balaban J connectivity index is 1.81. The lowest BCUT2D eigenvalue weighted by molar-refractivity contribution is 0.303. The van der Waals surface area contributed by atoms with Gasteiger partial charge in [-0.25, -0.2) is 0 Å². The molecule has 3 heteroatoms. The summed E-state index contributed by atoms with van der Waals surface area (Å²) in [5.41, 5.74) is 9.89. The van der Waals surface area contributed by atoms with E-state index in [1.165, 1.54) is 25.7 Å². The highest BCUT2D eigenvalue weighted by Gasteiger charge is 2.16. The van der Waals surface area contributed by atoms with Crippen LogP contribution in [0.5, 0.6) is 0 Å². The van der Waals surface area contributed by atoms with Crippen LogP contribution >= 0.6 is 0 Å². The number of rotatable bonds is 4. The molecule has 3 N–H and O–H groups in total. The summed E-state index contributed by atoms with van der Waals surface area (Å²) in [5.74, 6) is 0.937. The van der Waals surface area contributed by atoms with Crippen LogP contribution in [0, 0.1) is 12.8 Å². The van der Waals surface area contributed by atoms with Crippen molar-refractivity contribution in [2.45, 2.75) is 32.6 Å². The van der Waals surface area contributed by atoms with Gasteiger partial charge < -0.3 is 11.1 Å². The van der Waals surface area contributed by atoms with Gasteiger partial charge in [0.1, 0.15) is 0 Å². The van der Waals surface area contributed by atoms with E-state index in [2.05, 4.69) is 16.4 Å². The molecule has 0 saturated heterocycles. The zero-order valence-electron chi connectivity index (χ0n) is 11.4. The van der Waals surface area contributed by atoms with Gasteiger partial charge in [0.25, 0.3) is 0 Å². The van der Waals surface area contributed by atoms with Gasteiger partial charge in [0.2, 0.25) is 0 Å². The summed E-state index contributed by atoms with van der Waals surface area (Å²) in [6.45, 7) is 3.07. The Hall–Kier alpha value is -1.77. The Morgan fingerprint density at radius 3 is 2.89 bits per heavy atom. The Morgan fingerprint density at radius 2 is 2.16 bits per heavy atom. The van der Waals surface area contributed by atoms with Gasteiger partial charge in [0.05, 0.1) is 5.52 Å². The minimum Gasteiger partial charge on any atom is -0.399 e. The molecule has 2 aromatic rings. The van der Waals surface area contributed by atoms with Crippen LogP contribution in [-0.4, -0.2) is 11.5 Å². The van der Waals surface area contributed by atoms with E-state index in [0.717, 1.165) is 40.4 Å². The van der Waals surface area contributed by atoms with E-state index in [1.54, 1.807) is 0 Å². The molecule has 1 aromatic heterocycles. The molecule has 0 atom stereocenters. The smallest absolute Gasteiger partial charge is 0.0727 e. The summed E-state index contributed by atoms with van der Waals surface area (Å²) in [4.78, 5) is 4.55. The lowest BCUT2D eigenvalue weighted by atomic mass is 9.83. The fraction of sp³-hybridized carbons (Fsp3) is 0.438.